The zero-order chi connectivity index (χ0) is 21.8. The van der Waals surface area contributed by atoms with Gasteiger partial charge in [-0.15, -0.1) is 0 Å². The van der Waals surface area contributed by atoms with Crippen LogP contribution in [0, 0.1) is 0 Å². The molecule has 0 radical (unpaired) electrons. The van der Waals surface area contributed by atoms with E-state index in [0.717, 1.165) is 11.1 Å². The highest BCUT2D eigenvalue weighted by molar-refractivity contribution is 6.06. The van der Waals surface area contributed by atoms with Crippen molar-refractivity contribution >= 4 is 17.4 Å². The second-order valence-electron chi connectivity index (χ2n) is 6.95. The van der Waals surface area contributed by atoms with Crippen molar-refractivity contribution in [3.63, 3.8) is 0 Å². The van der Waals surface area contributed by atoms with Gasteiger partial charge >= 0.3 is 5.69 Å². The van der Waals surface area contributed by atoms with Crippen molar-refractivity contribution in [3.05, 3.63) is 117 Å². The summed E-state index contributed by atoms with van der Waals surface area (Å²) in [6.07, 6.45) is 2.67. The van der Waals surface area contributed by atoms with E-state index in [9.17, 15) is 14.4 Å². The smallest absolute Gasteiger partial charge is 0.330 e. The molecule has 156 valence electrons. The van der Waals surface area contributed by atoms with E-state index in [1.54, 1.807) is 0 Å². The number of benzene rings is 2. The second-order valence-corrected chi connectivity index (χ2v) is 6.95. The molecule has 0 saturated carbocycles. The lowest BCUT2D eigenvalue weighted by Crippen LogP contribution is -2.41. The Balaban J connectivity index is 1.84. The van der Waals surface area contributed by atoms with E-state index in [0.29, 0.717) is 0 Å². The van der Waals surface area contributed by atoms with Crippen LogP contribution in [0.4, 0.5) is 11.5 Å². The number of nitrogens with two attached hydrogens (primary N) is 1. The van der Waals surface area contributed by atoms with E-state index in [1.165, 1.54) is 28.1 Å². The van der Waals surface area contributed by atoms with Crippen LogP contribution in [0.5, 0.6) is 0 Å². The summed E-state index contributed by atoms with van der Waals surface area (Å²) >= 11 is 0. The molecule has 0 fully saturated rings. The number of aromatic amines is 1. The van der Waals surface area contributed by atoms with Crippen LogP contribution in [0.25, 0.3) is 0 Å². The number of H-pyrrole nitrogens is 1. The fourth-order valence-corrected chi connectivity index (χ4v) is 3.32. The van der Waals surface area contributed by atoms with Gasteiger partial charge < -0.3 is 10.2 Å². The first-order valence-electron chi connectivity index (χ1n) is 9.59. The summed E-state index contributed by atoms with van der Waals surface area (Å²) < 4.78 is 6.28. The van der Waals surface area contributed by atoms with Gasteiger partial charge in [-0.05, 0) is 17.2 Å². The van der Waals surface area contributed by atoms with E-state index in [-0.39, 0.29) is 30.2 Å². The molecule has 2 aromatic carbocycles. The van der Waals surface area contributed by atoms with Crippen molar-refractivity contribution in [2.24, 2.45) is 0 Å². The maximum absolute atomic E-state index is 13.2. The van der Waals surface area contributed by atoms with E-state index < -0.39 is 17.2 Å². The van der Waals surface area contributed by atoms with Crippen molar-refractivity contribution in [3.8, 4) is 0 Å². The lowest BCUT2D eigenvalue weighted by Gasteiger charge is -2.24. The third-order valence-electron chi connectivity index (χ3n) is 4.86. The van der Waals surface area contributed by atoms with Crippen LogP contribution in [0.3, 0.4) is 0 Å². The first kappa shape index (κ1) is 20.0. The number of hydrogen-bond acceptors (Lipinski definition) is 5. The lowest BCUT2D eigenvalue weighted by molar-refractivity contribution is 0.0984. The predicted octanol–water partition coefficient (Wildman–Crippen LogP) is 2.61. The van der Waals surface area contributed by atoms with Crippen molar-refractivity contribution in [2.45, 2.75) is 13.1 Å². The first-order valence-corrected chi connectivity index (χ1v) is 9.59. The van der Waals surface area contributed by atoms with Crippen LogP contribution in [-0.2, 0) is 13.1 Å². The molecule has 2 aromatic heterocycles. The van der Waals surface area contributed by atoms with E-state index in [1.807, 2.05) is 60.7 Å². The Morgan fingerprint density at radius 2 is 1.61 bits per heavy atom. The minimum Gasteiger partial charge on any atom is -0.472 e. The van der Waals surface area contributed by atoms with Crippen LogP contribution in [0.2, 0.25) is 0 Å². The molecular weight excluding hydrogens is 396 g/mol. The number of carbonyl (C=O) groups is 1. The Morgan fingerprint density at radius 3 is 2.23 bits per heavy atom. The molecule has 31 heavy (non-hydrogen) atoms. The number of rotatable bonds is 6. The fourth-order valence-electron chi connectivity index (χ4n) is 3.32. The summed E-state index contributed by atoms with van der Waals surface area (Å²) in [5, 5.41) is 0. The second kappa shape index (κ2) is 8.58. The number of aromatic nitrogens is 2. The molecule has 4 rings (SSSR count). The van der Waals surface area contributed by atoms with Crippen molar-refractivity contribution in [2.75, 3.05) is 10.6 Å². The van der Waals surface area contributed by atoms with Gasteiger partial charge in [0.2, 0.25) is 0 Å². The van der Waals surface area contributed by atoms with Gasteiger partial charge in [-0.25, -0.2) is 4.79 Å². The molecule has 0 spiro atoms. The number of nitrogens with one attached hydrogen (secondary N) is 1. The molecule has 8 nitrogen and oxygen atoms in total. The quantitative estimate of drug-likeness (QED) is 0.501. The van der Waals surface area contributed by atoms with Crippen molar-refractivity contribution < 1.29 is 9.21 Å². The zero-order valence-corrected chi connectivity index (χ0v) is 16.5. The molecule has 0 aliphatic rings. The minimum absolute atomic E-state index is 0.0850. The van der Waals surface area contributed by atoms with E-state index in [2.05, 4.69) is 4.98 Å². The molecule has 0 saturated heterocycles. The molecular formula is C23H20N4O4. The molecule has 0 aliphatic carbocycles. The van der Waals surface area contributed by atoms with Crippen LogP contribution in [-0.4, -0.2) is 15.5 Å². The number of furan rings is 1. The van der Waals surface area contributed by atoms with Gasteiger partial charge in [0.15, 0.2) is 5.69 Å². The van der Waals surface area contributed by atoms with Crippen LogP contribution >= 0.6 is 0 Å². The standard InChI is InChI=1S/C23H20N4O4/c24-20-19(21(28)25-23(30)27(20)14-17-9-5-2-6-10-17)26(13-16-7-3-1-4-8-16)22(29)18-11-12-31-15-18/h1-12,15H,13-14,24H2,(H,25,28,30). The zero-order valence-electron chi connectivity index (χ0n) is 16.5. The molecule has 0 atom stereocenters. The fraction of sp³-hybridized carbons (Fsp3) is 0.0870. The van der Waals surface area contributed by atoms with Crippen LogP contribution in [0.15, 0.2) is 93.3 Å². The number of amides is 1. The lowest BCUT2D eigenvalue weighted by atomic mass is 10.1. The number of carbonyl (C=O) groups excluding carboxylic acids is 1. The van der Waals surface area contributed by atoms with Gasteiger partial charge in [0.05, 0.1) is 24.9 Å². The monoisotopic (exact) mass is 416 g/mol. The summed E-state index contributed by atoms with van der Waals surface area (Å²) in [7, 11) is 0. The normalized spacial score (nSPS) is 10.7. The molecule has 1 amide bonds. The van der Waals surface area contributed by atoms with Crippen LogP contribution < -0.4 is 21.9 Å². The van der Waals surface area contributed by atoms with Gasteiger partial charge in [-0.2, -0.15) is 0 Å². The maximum atomic E-state index is 13.2. The largest absolute Gasteiger partial charge is 0.472 e. The number of nitrogens with zero attached hydrogens (tertiary/aromatic N) is 2. The van der Waals surface area contributed by atoms with Gasteiger partial charge in [0, 0.05) is 0 Å². The van der Waals surface area contributed by atoms with Crippen molar-refractivity contribution in [1.29, 1.82) is 0 Å². The van der Waals surface area contributed by atoms with Crippen molar-refractivity contribution in [1.82, 2.24) is 9.55 Å². The number of nitrogen functional groups attached to an aromatic ring is 1. The molecule has 0 unspecified atom stereocenters. The van der Waals surface area contributed by atoms with Gasteiger partial charge in [-0.3, -0.25) is 24.0 Å². The molecule has 0 aliphatic heterocycles. The Labute approximate surface area is 177 Å². The van der Waals surface area contributed by atoms with Crippen LogP contribution in [0.1, 0.15) is 21.5 Å². The van der Waals surface area contributed by atoms with Gasteiger partial charge in [0.1, 0.15) is 12.1 Å². The third kappa shape index (κ3) is 4.18. The highest BCUT2D eigenvalue weighted by Crippen LogP contribution is 2.23. The predicted molar refractivity (Wildman–Crippen MR) is 117 cm³/mol. The summed E-state index contributed by atoms with van der Waals surface area (Å²) in [6, 6.07) is 19.9. The Kier molecular flexibility index (Phi) is 5.53. The molecule has 2 heterocycles. The molecule has 8 heteroatoms. The maximum Gasteiger partial charge on any atom is 0.330 e. The molecule has 3 N–H and O–H groups in total. The topological polar surface area (TPSA) is 114 Å². The highest BCUT2D eigenvalue weighted by Gasteiger charge is 2.26. The van der Waals surface area contributed by atoms with E-state index in [4.69, 9.17) is 10.2 Å². The SMILES string of the molecule is Nc1c(N(Cc2ccccc2)C(=O)c2ccoc2)c(=O)[nH]c(=O)n1Cc1ccccc1. The summed E-state index contributed by atoms with van der Waals surface area (Å²) in [6.45, 7) is 0.232. The Morgan fingerprint density at radius 1 is 0.968 bits per heavy atom. The average Bonchev–Trinajstić information content (AvgIpc) is 3.32. The Hall–Kier alpha value is -4.33. The molecule has 0 bridgehead atoms. The summed E-state index contributed by atoms with van der Waals surface area (Å²) in [5.74, 6) is -0.565. The highest BCUT2D eigenvalue weighted by atomic mass is 16.3. The van der Waals surface area contributed by atoms with E-state index >= 15 is 0 Å². The first-order chi connectivity index (χ1) is 15.0. The van der Waals surface area contributed by atoms with Gasteiger partial charge in [-0.1, -0.05) is 60.7 Å². The minimum atomic E-state index is -0.736. The summed E-state index contributed by atoms with van der Waals surface area (Å²) in [4.78, 5) is 42.1. The average molecular weight is 416 g/mol. The number of hydrogen-bond donors (Lipinski definition) is 2. The summed E-state index contributed by atoms with van der Waals surface area (Å²) in [5.41, 5.74) is 6.70. The number of anilines is 2. The molecule has 4 aromatic rings. The third-order valence-corrected chi connectivity index (χ3v) is 4.86. The van der Waals surface area contributed by atoms with Gasteiger partial charge in [0.25, 0.3) is 11.5 Å². The Bertz CT molecular complexity index is 1290.